The van der Waals surface area contributed by atoms with Gasteiger partial charge >= 0.3 is 0 Å². The first-order valence-electron chi connectivity index (χ1n) is 5.53. The van der Waals surface area contributed by atoms with Crippen molar-refractivity contribution in [2.45, 2.75) is 24.9 Å². The van der Waals surface area contributed by atoms with Crippen LogP contribution in [0.25, 0.3) is 0 Å². The normalized spacial score (nSPS) is 20.2. The van der Waals surface area contributed by atoms with Gasteiger partial charge in [-0.1, -0.05) is 0 Å². The highest BCUT2D eigenvalue weighted by Gasteiger charge is 2.30. The molecule has 2 rings (SSSR count). The maximum atomic E-state index is 8.92. The van der Waals surface area contributed by atoms with Gasteiger partial charge in [0.15, 0.2) is 0 Å². The fourth-order valence-electron chi connectivity index (χ4n) is 1.97. The highest BCUT2D eigenvalue weighted by Crippen LogP contribution is 2.19. The van der Waals surface area contributed by atoms with Gasteiger partial charge in [0.2, 0.25) is 0 Å². The lowest BCUT2D eigenvalue weighted by Crippen LogP contribution is -2.49. The maximum absolute atomic E-state index is 8.92. The van der Waals surface area contributed by atoms with E-state index in [1.807, 2.05) is 24.5 Å². The van der Waals surface area contributed by atoms with Gasteiger partial charge in [-0.25, -0.2) is 0 Å². The Morgan fingerprint density at radius 2 is 2.00 bits per heavy atom. The van der Waals surface area contributed by atoms with Crippen LogP contribution in [0, 0.1) is 11.3 Å². The molecule has 4 heteroatoms. The lowest BCUT2D eigenvalue weighted by Gasteiger charge is -2.34. The van der Waals surface area contributed by atoms with Crippen molar-refractivity contribution in [1.29, 1.82) is 5.26 Å². The summed E-state index contributed by atoms with van der Waals surface area (Å²) in [5, 5.41) is 8.92. The number of pyridine rings is 1. The number of nitrogens with two attached hydrogens (primary N) is 1. The topological polar surface area (TPSA) is 65.9 Å². The summed E-state index contributed by atoms with van der Waals surface area (Å²) in [6.07, 6.45) is 5.13. The Hall–Kier alpha value is -1.44. The molecule has 1 saturated heterocycles. The predicted molar refractivity (Wildman–Crippen MR) is 61.3 cm³/mol. The average Bonchev–Trinajstić information content (AvgIpc) is 2.34. The van der Waals surface area contributed by atoms with E-state index in [9.17, 15) is 0 Å². The molecule has 1 fully saturated rings. The van der Waals surface area contributed by atoms with Crippen LogP contribution in [0.4, 0.5) is 0 Å². The van der Waals surface area contributed by atoms with Gasteiger partial charge in [0, 0.05) is 32.0 Å². The minimum absolute atomic E-state index is 0.602. The van der Waals surface area contributed by atoms with E-state index < -0.39 is 5.54 Å². The SMILES string of the molecule is N#CC1(N)CCN(Cc2ccncc2)CC1. The van der Waals surface area contributed by atoms with E-state index in [-0.39, 0.29) is 0 Å². The summed E-state index contributed by atoms with van der Waals surface area (Å²) < 4.78 is 0. The number of hydrogen-bond donors (Lipinski definition) is 1. The van der Waals surface area contributed by atoms with Crippen LogP contribution in [0.5, 0.6) is 0 Å². The fourth-order valence-corrected chi connectivity index (χ4v) is 1.97. The van der Waals surface area contributed by atoms with E-state index >= 15 is 0 Å². The molecule has 0 saturated carbocycles. The lowest BCUT2D eigenvalue weighted by molar-refractivity contribution is 0.181. The summed E-state index contributed by atoms with van der Waals surface area (Å²) in [6.45, 7) is 2.71. The molecule has 16 heavy (non-hydrogen) atoms. The first kappa shape index (κ1) is 11.1. The fraction of sp³-hybridized carbons (Fsp3) is 0.500. The molecule has 0 aliphatic carbocycles. The Morgan fingerprint density at radius 3 is 2.56 bits per heavy atom. The van der Waals surface area contributed by atoms with Crippen molar-refractivity contribution in [3.8, 4) is 6.07 Å². The molecule has 0 amide bonds. The summed E-state index contributed by atoms with van der Waals surface area (Å²) in [5.41, 5.74) is 6.57. The number of nitrogens with zero attached hydrogens (tertiary/aromatic N) is 3. The van der Waals surface area contributed by atoms with Gasteiger partial charge in [0.05, 0.1) is 6.07 Å². The van der Waals surface area contributed by atoms with Crippen molar-refractivity contribution in [3.63, 3.8) is 0 Å². The van der Waals surface area contributed by atoms with Gasteiger partial charge in [0.1, 0.15) is 5.54 Å². The van der Waals surface area contributed by atoms with E-state index in [4.69, 9.17) is 11.0 Å². The van der Waals surface area contributed by atoms with Gasteiger partial charge in [-0.3, -0.25) is 9.88 Å². The van der Waals surface area contributed by atoms with Crippen LogP contribution < -0.4 is 5.73 Å². The number of piperidine rings is 1. The summed E-state index contributed by atoms with van der Waals surface area (Å²) >= 11 is 0. The molecule has 0 radical (unpaired) electrons. The number of hydrogen-bond acceptors (Lipinski definition) is 4. The monoisotopic (exact) mass is 216 g/mol. The Labute approximate surface area is 95.7 Å². The second-order valence-electron chi connectivity index (χ2n) is 4.40. The third-order valence-electron chi connectivity index (χ3n) is 3.13. The third-order valence-corrected chi connectivity index (χ3v) is 3.13. The molecule has 0 spiro atoms. The molecule has 0 bridgehead atoms. The Bertz CT molecular complexity index is 374. The number of likely N-dealkylation sites (tertiary alicyclic amines) is 1. The first-order valence-corrected chi connectivity index (χ1v) is 5.53. The minimum Gasteiger partial charge on any atom is -0.313 e. The van der Waals surface area contributed by atoms with E-state index in [0.29, 0.717) is 0 Å². The molecule has 0 aromatic carbocycles. The minimum atomic E-state index is -0.602. The van der Waals surface area contributed by atoms with Crippen molar-refractivity contribution in [3.05, 3.63) is 30.1 Å². The lowest BCUT2D eigenvalue weighted by atomic mass is 9.90. The second-order valence-corrected chi connectivity index (χ2v) is 4.40. The first-order chi connectivity index (χ1) is 7.72. The molecule has 0 unspecified atom stereocenters. The zero-order valence-corrected chi connectivity index (χ0v) is 9.26. The molecule has 2 heterocycles. The van der Waals surface area contributed by atoms with Crippen LogP contribution in [0.3, 0.4) is 0 Å². The van der Waals surface area contributed by atoms with Crippen LogP contribution >= 0.6 is 0 Å². The average molecular weight is 216 g/mol. The molecule has 1 aromatic heterocycles. The zero-order valence-electron chi connectivity index (χ0n) is 9.26. The van der Waals surface area contributed by atoms with Gasteiger partial charge < -0.3 is 5.73 Å². The molecule has 1 aliphatic rings. The van der Waals surface area contributed by atoms with Crippen molar-refractivity contribution in [1.82, 2.24) is 9.88 Å². The van der Waals surface area contributed by atoms with E-state index in [1.54, 1.807) is 0 Å². The summed E-state index contributed by atoms with van der Waals surface area (Å²) in [5.74, 6) is 0. The van der Waals surface area contributed by atoms with Crippen molar-refractivity contribution in [2.24, 2.45) is 5.73 Å². The second kappa shape index (κ2) is 4.60. The predicted octanol–water partition coefficient (Wildman–Crippen LogP) is 0.898. The standard InChI is InChI=1S/C12H16N4/c13-10-12(14)3-7-16(8-4-12)9-11-1-5-15-6-2-11/h1-2,5-6H,3-4,7-9,14H2. The van der Waals surface area contributed by atoms with Crippen molar-refractivity contribution in [2.75, 3.05) is 13.1 Å². The largest absolute Gasteiger partial charge is 0.313 e. The molecule has 4 nitrogen and oxygen atoms in total. The molecular formula is C12H16N4. The highest BCUT2D eigenvalue weighted by atomic mass is 15.1. The highest BCUT2D eigenvalue weighted by molar-refractivity contribution is 5.11. The maximum Gasteiger partial charge on any atom is 0.106 e. The van der Waals surface area contributed by atoms with Crippen LogP contribution in [-0.2, 0) is 6.54 Å². The van der Waals surface area contributed by atoms with Gasteiger partial charge in [-0.05, 0) is 30.5 Å². The number of nitriles is 1. The van der Waals surface area contributed by atoms with Gasteiger partial charge in [0.25, 0.3) is 0 Å². The molecule has 1 aromatic rings. The number of aromatic nitrogens is 1. The van der Waals surface area contributed by atoms with Crippen LogP contribution in [0.2, 0.25) is 0 Å². The van der Waals surface area contributed by atoms with Crippen LogP contribution in [0.1, 0.15) is 18.4 Å². The van der Waals surface area contributed by atoms with Gasteiger partial charge in [-0.2, -0.15) is 5.26 Å². The Balaban J connectivity index is 1.89. The molecule has 2 N–H and O–H groups in total. The third kappa shape index (κ3) is 2.57. The smallest absolute Gasteiger partial charge is 0.106 e. The Morgan fingerprint density at radius 1 is 1.38 bits per heavy atom. The van der Waals surface area contributed by atoms with E-state index in [2.05, 4.69) is 16.0 Å². The quantitative estimate of drug-likeness (QED) is 0.797. The van der Waals surface area contributed by atoms with Crippen LogP contribution in [-0.4, -0.2) is 28.5 Å². The molecule has 0 atom stereocenters. The summed E-state index contributed by atoms with van der Waals surface area (Å²) in [6, 6.07) is 6.25. The molecule has 84 valence electrons. The van der Waals surface area contributed by atoms with Gasteiger partial charge in [-0.15, -0.1) is 0 Å². The molecule has 1 aliphatic heterocycles. The zero-order chi connectivity index (χ0) is 11.4. The van der Waals surface area contributed by atoms with Crippen molar-refractivity contribution >= 4 is 0 Å². The van der Waals surface area contributed by atoms with E-state index in [1.165, 1.54) is 5.56 Å². The van der Waals surface area contributed by atoms with Crippen LogP contribution in [0.15, 0.2) is 24.5 Å². The summed E-state index contributed by atoms with van der Waals surface area (Å²) in [7, 11) is 0. The number of rotatable bonds is 2. The van der Waals surface area contributed by atoms with E-state index in [0.717, 1.165) is 32.5 Å². The summed E-state index contributed by atoms with van der Waals surface area (Å²) in [4.78, 5) is 6.32. The molecular weight excluding hydrogens is 200 g/mol. The Kier molecular flexibility index (Phi) is 3.18. The van der Waals surface area contributed by atoms with Crippen molar-refractivity contribution < 1.29 is 0 Å².